The molecule has 2 aromatic carbocycles. The van der Waals surface area contributed by atoms with E-state index >= 15 is 0 Å². The van der Waals surface area contributed by atoms with Gasteiger partial charge in [0, 0.05) is 11.6 Å². The molecule has 3 rings (SSSR count). The predicted octanol–water partition coefficient (Wildman–Crippen LogP) is 4.79. The van der Waals surface area contributed by atoms with Gasteiger partial charge in [0.2, 0.25) is 10.0 Å². The lowest BCUT2D eigenvalue weighted by Gasteiger charge is -2.30. The summed E-state index contributed by atoms with van der Waals surface area (Å²) in [4.78, 5) is -0.274. The van der Waals surface area contributed by atoms with E-state index in [1.54, 1.807) is 6.07 Å². The number of nitrogens with zero attached hydrogens (tertiary/aromatic N) is 1. The molecule has 3 nitrogen and oxygen atoms in total. The maximum absolute atomic E-state index is 14.1. The molecule has 0 saturated carbocycles. The van der Waals surface area contributed by atoms with Gasteiger partial charge in [0.05, 0.1) is 6.04 Å². The van der Waals surface area contributed by atoms with Crippen molar-refractivity contribution in [1.82, 2.24) is 4.31 Å². The van der Waals surface area contributed by atoms with Crippen molar-refractivity contribution in [3.8, 4) is 0 Å². The summed E-state index contributed by atoms with van der Waals surface area (Å²) < 4.78 is 41.7. The molecule has 1 unspecified atom stereocenters. The lowest BCUT2D eigenvalue weighted by atomic mass is 10.0. The van der Waals surface area contributed by atoms with E-state index in [1.807, 2.05) is 18.2 Å². The zero-order valence-electron chi connectivity index (χ0n) is 13.2. The molecule has 1 saturated heterocycles. The lowest BCUT2D eigenvalue weighted by Crippen LogP contribution is -2.35. The van der Waals surface area contributed by atoms with Crippen LogP contribution in [-0.2, 0) is 10.0 Å². The third-order valence-corrected chi connectivity index (χ3v) is 6.68. The van der Waals surface area contributed by atoms with E-state index in [0.29, 0.717) is 18.0 Å². The van der Waals surface area contributed by atoms with Crippen LogP contribution in [0.25, 0.3) is 0 Å². The summed E-state index contributed by atoms with van der Waals surface area (Å²) in [5, 5.41) is 0.540. The lowest BCUT2D eigenvalue weighted by molar-refractivity contribution is 0.327. The average Bonchev–Trinajstić information content (AvgIpc) is 2.82. The van der Waals surface area contributed by atoms with Gasteiger partial charge in [-0.05, 0) is 36.6 Å². The Morgan fingerprint density at radius 3 is 2.46 bits per heavy atom. The highest BCUT2D eigenvalue weighted by Gasteiger charge is 2.35. The molecular formula is C18H19ClFNO2S. The zero-order valence-corrected chi connectivity index (χ0v) is 14.7. The topological polar surface area (TPSA) is 37.4 Å². The van der Waals surface area contributed by atoms with Crippen molar-refractivity contribution in [3.05, 3.63) is 64.9 Å². The number of hydrogen-bond acceptors (Lipinski definition) is 2. The quantitative estimate of drug-likeness (QED) is 0.782. The standard InChI is InChI=1S/C18H19ClFNO2S/c19-15-9-4-3-8-14(15)17-11-2-1-7-13-21(17)24(22,23)18-12-6-5-10-16(18)20/h3-6,8-10,12,17H,1-2,7,11,13H2. The van der Waals surface area contributed by atoms with Crippen LogP contribution in [0.2, 0.25) is 5.02 Å². The summed E-state index contributed by atoms with van der Waals surface area (Å²) in [6.07, 6.45) is 3.30. The van der Waals surface area contributed by atoms with Gasteiger partial charge in [-0.1, -0.05) is 54.8 Å². The Labute approximate surface area is 147 Å². The van der Waals surface area contributed by atoms with Crippen LogP contribution in [0.1, 0.15) is 37.3 Å². The summed E-state index contributed by atoms with van der Waals surface area (Å²) >= 11 is 6.31. The van der Waals surface area contributed by atoms with Crippen LogP contribution in [0.4, 0.5) is 4.39 Å². The van der Waals surface area contributed by atoms with E-state index in [9.17, 15) is 12.8 Å². The van der Waals surface area contributed by atoms with Crippen molar-refractivity contribution in [2.45, 2.75) is 36.6 Å². The second-order valence-electron chi connectivity index (χ2n) is 5.93. The molecule has 0 amide bonds. The second kappa shape index (κ2) is 7.21. The Morgan fingerprint density at radius 1 is 1.00 bits per heavy atom. The number of hydrogen-bond donors (Lipinski definition) is 0. The molecule has 1 aliphatic heterocycles. The number of rotatable bonds is 3. The van der Waals surface area contributed by atoms with Crippen LogP contribution < -0.4 is 0 Å². The number of sulfonamides is 1. The monoisotopic (exact) mass is 367 g/mol. The Bertz CT molecular complexity index is 825. The van der Waals surface area contributed by atoms with Gasteiger partial charge in [0.25, 0.3) is 0 Å². The molecule has 24 heavy (non-hydrogen) atoms. The minimum atomic E-state index is -3.93. The van der Waals surface area contributed by atoms with E-state index in [0.717, 1.165) is 24.8 Å². The highest BCUT2D eigenvalue weighted by atomic mass is 35.5. The molecule has 1 atom stereocenters. The van der Waals surface area contributed by atoms with Crippen molar-refractivity contribution in [2.75, 3.05) is 6.54 Å². The molecule has 1 fully saturated rings. The molecule has 6 heteroatoms. The molecule has 0 N–H and O–H groups in total. The fraction of sp³-hybridized carbons (Fsp3) is 0.333. The molecule has 0 aromatic heterocycles. The van der Waals surface area contributed by atoms with Gasteiger partial charge in [-0.25, -0.2) is 12.8 Å². The van der Waals surface area contributed by atoms with E-state index in [2.05, 4.69) is 0 Å². The van der Waals surface area contributed by atoms with Gasteiger partial charge in [-0.3, -0.25) is 0 Å². The number of benzene rings is 2. The van der Waals surface area contributed by atoms with Crippen molar-refractivity contribution >= 4 is 21.6 Å². The van der Waals surface area contributed by atoms with Crippen molar-refractivity contribution in [2.24, 2.45) is 0 Å². The summed E-state index contributed by atoms with van der Waals surface area (Å²) in [7, 11) is -3.93. The number of halogens is 2. The summed E-state index contributed by atoms with van der Waals surface area (Å²) in [6, 6.07) is 12.4. The third kappa shape index (κ3) is 3.34. The largest absolute Gasteiger partial charge is 0.246 e. The van der Waals surface area contributed by atoms with E-state index in [-0.39, 0.29) is 10.9 Å². The second-order valence-corrected chi connectivity index (χ2v) is 8.20. The van der Waals surface area contributed by atoms with Gasteiger partial charge in [0.1, 0.15) is 10.7 Å². The maximum Gasteiger partial charge on any atom is 0.246 e. The first-order chi connectivity index (χ1) is 11.5. The van der Waals surface area contributed by atoms with Gasteiger partial charge >= 0.3 is 0 Å². The Kier molecular flexibility index (Phi) is 5.23. The predicted molar refractivity (Wildman–Crippen MR) is 93.0 cm³/mol. The van der Waals surface area contributed by atoms with E-state index in [4.69, 9.17) is 11.6 Å². The van der Waals surface area contributed by atoms with Gasteiger partial charge in [-0.2, -0.15) is 4.31 Å². The SMILES string of the molecule is O=S(=O)(c1ccccc1F)N1CCCCCC1c1ccccc1Cl. The molecule has 0 bridgehead atoms. The molecular weight excluding hydrogens is 349 g/mol. The van der Waals surface area contributed by atoms with Crippen molar-refractivity contribution < 1.29 is 12.8 Å². The summed E-state index contributed by atoms with van der Waals surface area (Å²) in [6.45, 7) is 0.368. The highest BCUT2D eigenvalue weighted by molar-refractivity contribution is 7.89. The van der Waals surface area contributed by atoms with E-state index < -0.39 is 15.8 Å². The maximum atomic E-state index is 14.1. The summed E-state index contributed by atoms with van der Waals surface area (Å²) in [5.41, 5.74) is 0.779. The fourth-order valence-electron chi connectivity index (χ4n) is 3.21. The van der Waals surface area contributed by atoms with Crippen LogP contribution in [0.3, 0.4) is 0 Å². The van der Waals surface area contributed by atoms with Crippen LogP contribution in [-0.4, -0.2) is 19.3 Å². The van der Waals surface area contributed by atoms with Gasteiger partial charge < -0.3 is 0 Å². The Morgan fingerprint density at radius 2 is 1.71 bits per heavy atom. The first kappa shape index (κ1) is 17.4. The molecule has 1 aliphatic rings. The molecule has 0 spiro atoms. The molecule has 0 radical (unpaired) electrons. The van der Waals surface area contributed by atoms with Crippen LogP contribution in [0.15, 0.2) is 53.4 Å². The molecule has 0 aliphatic carbocycles. The van der Waals surface area contributed by atoms with Crippen molar-refractivity contribution in [3.63, 3.8) is 0 Å². The fourth-order valence-corrected chi connectivity index (χ4v) is 5.21. The normalized spacial score (nSPS) is 19.8. The van der Waals surface area contributed by atoms with Gasteiger partial charge in [0.15, 0.2) is 0 Å². The first-order valence-electron chi connectivity index (χ1n) is 8.02. The molecule has 2 aromatic rings. The van der Waals surface area contributed by atoms with Crippen LogP contribution in [0, 0.1) is 5.82 Å². The average molecular weight is 368 g/mol. The van der Waals surface area contributed by atoms with Crippen LogP contribution >= 0.6 is 11.6 Å². The van der Waals surface area contributed by atoms with Crippen LogP contribution in [0.5, 0.6) is 0 Å². The smallest absolute Gasteiger partial charge is 0.207 e. The minimum absolute atomic E-state index is 0.274. The molecule has 1 heterocycles. The Hall–Kier alpha value is -1.43. The van der Waals surface area contributed by atoms with Crippen molar-refractivity contribution in [1.29, 1.82) is 0 Å². The Balaban J connectivity index is 2.08. The first-order valence-corrected chi connectivity index (χ1v) is 9.84. The minimum Gasteiger partial charge on any atom is -0.207 e. The van der Waals surface area contributed by atoms with Gasteiger partial charge in [-0.15, -0.1) is 0 Å². The molecule has 128 valence electrons. The zero-order chi connectivity index (χ0) is 17.2. The van der Waals surface area contributed by atoms with E-state index in [1.165, 1.54) is 28.6 Å². The third-order valence-electron chi connectivity index (χ3n) is 4.39. The highest BCUT2D eigenvalue weighted by Crippen LogP contribution is 2.37. The summed E-state index contributed by atoms with van der Waals surface area (Å²) in [5.74, 6) is -0.723.